The fraction of sp³-hybridized carbons (Fsp3) is 0.462. The van der Waals surface area contributed by atoms with Crippen LogP contribution in [0.2, 0.25) is 10.0 Å². The molecular weight excluding hydrogens is 469 g/mol. The lowest BCUT2D eigenvalue weighted by Crippen LogP contribution is -2.52. The van der Waals surface area contributed by atoms with Crippen LogP contribution in [-0.2, 0) is 13.0 Å². The minimum absolute atomic E-state index is 0.433. The van der Waals surface area contributed by atoms with E-state index in [1.54, 1.807) is 6.20 Å². The molecule has 5 rings (SSSR count). The number of piperidine rings is 2. The van der Waals surface area contributed by atoms with Gasteiger partial charge >= 0.3 is 0 Å². The molecule has 34 heavy (non-hydrogen) atoms. The predicted molar refractivity (Wildman–Crippen MR) is 136 cm³/mol. The van der Waals surface area contributed by atoms with Gasteiger partial charge in [-0.1, -0.05) is 40.5 Å². The molecule has 0 saturated carbocycles. The molecule has 8 heteroatoms. The van der Waals surface area contributed by atoms with E-state index in [-0.39, 0.29) is 0 Å². The smallest absolute Gasteiger partial charge is 0.131 e. The van der Waals surface area contributed by atoms with Crippen molar-refractivity contribution in [2.24, 2.45) is 0 Å². The predicted octanol–water partition coefficient (Wildman–Crippen LogP) is 5.23. The van der Waals surface area contributed by atoms with Crippen molar-refractivity contribution in [3.05, 3.63) is 75.5 Å². The van der Waals surface area contributed by atoms with Gasteiger partial charge in [0.1, 0.15) is 12.4 Å². The Morgan fingerprint density at radius 2 is 1.85 bits per heavy atom. The Labute approximate surface area is 211 Å². The fourth-order valence-corrected chi connectivity index (χ4v) is 6.07. The Bertz CT molecular complexity index is 1050. The molecule has 180 valence electrons. The van der Waals surface area contributed by atoms with Crippen LogP contribution in [0.15, 0.2) is 48.7 Å². The topological polar surface area (TPSA) is 66.1 Å². The van der Waals surface area contributed by atoms with Gasteiger partial charge in [0.2, 0.25) is 0 Å². The highest BCUT2D eigenvalue weighted by Gasteiger charge is 2.34. The maximum atomic E-state index is 6.33. The number of rotatable bonds is 7. The number of nitrogens with zero attached hydrogens (tertiary/aromatic N) is 3. The van der Waals surface area contributed by atoms with Gasteiger partial charge in [0.05, 0.1) is 11.9 Å². The maximum absolute atomic E-state index is 6.33. The van der Waals surface area contributed by atoms with Crippen molar-refractivity contribution in [1.29, 1.82) is 0 Å². The van der Waals surface area contributed by atoms with Crippen LogP contribution in [-0.4, -0.2) is 52.0 Å². The summed E-state index contributed by atoms with van der Waals surface area (Å²) in [6.45, 7) is 3.75. The number of aromatic nitrogens is 3. The van der Waals surface area contributed by atoms with E-state index in [2.05, 4.69) is 56.0 Å². The second kappa shape index (κ2) is 11.1. The fourth-order valence-electron chi connectivity index (χ4n) is 5.50. The summed E-state index contributed by atoms with van der Waals surface area (Å²) in [6, 6.07) is 15.6. The Morgan fingerprint density at radius 1 is 1.03 bits per heavy atom. The van der Waals surface area contributed by atoms with Crippen molar-refractivity contribution in [2.75, 3.05) is 19.6 Å². The van der Waals surface area contributed by atoms with Crippen LogP contribution in [0.1, 0.15) is 48.4 Å². The molecule has 2 atom stereocenters. The molecule has 2 aliphatic heterocycles. The van der Waals surface area contributed by atoms with Gasteiger partial charge < -0.3 is 10.1 Å². The zero-order valence-corrected chi connectivity index (χ0v) is 20.7. The molecule has 2 N–H and O–H groups in total. The minimum Gasteiger partial charge on any atom is -0.487 e. The van der Waals surface area contributed by atoms with Crippen LogP contribution in [0.5, 0.6) is 5.75 Å². The van der Waals surface area contributed by atoms with Crippen LogP contribution in [0.25, 0.3) is 0 Å². The molecule has 3 heterocycles. The quantitative estimate of drug-likeness (QED) is 0.465. The number of hydrogen-bond donors (Lipinski definition) is 2. The van der Waals surface area contributed by atoms with Crippen molar-refractivity contribution >= 4 is 23.2 Å². The Balaban J connectivity index is 1.32. The van der Waals surface area contributed by atoms with Crippen molar-refractivity contribution in [3.8, 4) is 5.75 Å². The zero-order valence-electron chi connectivity index (χ0n) is 19.2. The molecule has 2 fully saturated rings. The molecular formula is C26H31Cl2N5O. The van der Waals surface area contributed by atoms with E-state index in [1.807, 2.05) is 12.1 Å². The van der Waals surface area contributed by atoms with Crippen LogP contribution >= 0.6 is 23.2 Å². The van der Waals surface area contributed by atoms with E-state index in [0.717, 1.165) is 50.3 Å². The molecule has 0 amide bonds. The standard InChI is InChI=1S/C26H31Cl2N5O/c27-21-10-18(11-22(28)15-21)12-25-13-20(6-9-33(25)24-4-7-29-8-5-24)19-2-1-3-26(14-19)34-17-23-16-30-32-31-23/h1-3,10-11,14-16,20,24-25,29H,4-9,12-13,17H2,(H,30,31,32). The highest BCUT2D eigenvalue weighted by Crippen LogP contribution is 2.37. The third-order valence-corrected chi connectivity index (χ3v) is 7.56. The van der Waals surface area contributed by atoms with Gasteiger partial charge in [0.25, 0.3) is 0 Å². The SMILES string of the molecule is Clc1cc(Cl)cc(CC2CC(c3cccc(OCc4cnn[nH]4)c3)CCN2C2CCNCC2)c1. The second-order valence-electron chi connectivity index (χ2n) is 9.42. The number of halogens is 2. The average Bonchev–Trinajstić information content (AvgIpc) is 3.37. The summed E-state index contributed by atoms with van der Waals surface area (Å²) in [5, 5.41) is 15.3. The lowest BCUT2D eigenvalue weighted by molar-refractivity contribution is 0.0674. The first kappa shape index (κ1) is 23.6. The van der Waals surface area contributed by atoms with Crippen LogP contribution in [0.4, 0.5) is 0 Å². The number of ether oxygens (including phenoxy) is 1. The van der Waals surface area contributed by atoms with E-state index >= 15 is 0 Å². The van der Waals surface area contributed by atoms with E-state index in [0.29, 0.717) is 34.7 Å². The van der Waals surface area contributed by atoms with Crippen molar-refractivity contribution < 1.29 is 4.74 Å². The normalized spacial score (nSPS) is 22.1. The number of likely N-dealkylation sites (tertiary alicyclic amines) is 1. The summed E-state index contributed by atoms with van der Waals surface area (Å²) in [5.74, 6) is 1.38. The van der Waals surface area contributed by atoms with Gasteiger partial charge in [-0.2, -0.15) is 0 Å². The largest absolute Gasteiger partial charge is 0.487 e. The highest BCUT2D eigenvalue weighted by molar-refractivity contribution is 6.34. The maximum Gasteiger partial charge on any atom is 0.131 e. The van der Waals surface area contributed by atoms with Gasteiger partial charge in [-0.3, -0.25) is 10.00 Å². The average molecular weight is 500 g/mol. The summed E-state index contributed by atoms with van der Waals surface area (Å²) >= 11 is 12.7. The second-order valence-corrected chi connectivity index (χ2v) is 10.3. The Kier molecular flexibility index (Phi) is 7.70. The summed E-state index contributed by atoms with van der Waals surface area (Å²) < 4.78 is 5.99. The Morgan fingerprint density at radius 3 is 2.62 bits per heavy atom. The van der Waals surface area contributed by atoms with Crippen molar-refractivity contribution in [2.45, 2.75) is 56.7 Å². The van der Waals surface area contributed by atoms with Crippen LogP contribution in [0, 0.1) is 0 Å². The monoisotopic (exact) mass is 499 g/mol. The number of aromatic amines is 1. The molecule has 2 aliphatic rings. The summed E-state index contributed by atoms with van der Waals surface area (Å²) in [5.41, 5.74) is 3.42. The van der Waals surface area contributed by atoms with Crippen molar-refractivity contribution in [3.63, 3.8) is 0 Å². The van der Waals surface area contributed by atoms with Gasteiger partial charge in [-0.25, -0.2) is 0 Å². The summed E-state index contributed by atoms with van der Waals surface area (Å²) in [6.07, 6.45) is 7.34. The number of H-pyrrole nitrogens is 1. The molecule has 2 aromatic carbocycles. The van der Waals surface area contributed by atoms with Gasteiger partial charge in [0, 0.05) is 22.1 Å². The molecule has 0 radical (unpaired) electrons. The molecule has 2 saturated heterocycles. The number of nitrogens with one attached hydrogen (secondary N) is 2. The molecule has 0 spiro atoms. The van der Waals surface area contributed by atoms with E-state index < -0.39 is 0 Å². The van der Waals surface area contributed by atoms with E-state index in [9.17, 15) is 0 Å². The number of benzene rings is 2. The van der Waals surface area contributed by atoms with E-state index in [4.69, 9.17) is 27.9 Å². The van der Waals surface area contributed by atoms with Gasteiger partial charge in [0.15, 0.2) is 0 Å². The lowest BCUT2D eigenvalue weighted by Gasteiger charge is -2.45. The third kappa shape index (κ3) is 5.92. The molecule has 6 nitrogen and oxygen atoms in total. The molecule has 0 aliphatic carbocycles. The van der Waals surface area contributed by atoms with Crippen LogP contribution in [0.3, 0.4) is 0 Å². The first-order chi connectivity index (χ1) is 16.6. The van der Waals surface area contributed by atoms with Crippen LogP contribution < -0.4 is 10.1 Å². The van der Waals surface area contributed by atoms with Gasteiger partial charge in [-0.15, -0.1) is 5.10 Å². The van der Waals surface area contributed by atoms with Crippen molar-refractivity contribution in [1.82, 2.24) is 25.6 Å². The Hall–Kier alpha value is -2.12. The molecule has 2 unspecified atom stereocenters. The molecule has 1 aromatic heterocycles. The third-order valence-electron chi connectivity index (χ3n) is 7.12. The van der Waals surface area contributed by atoms with E-state index in [1.165, 1.54) is 24.0 Å². The number of hydrogen-bond acceptors (Lipinski definition) is 5. The first-order valence-corrected chi connectivity index (χ1v) is 12.9. The first-order valence-electron chi connectivity index (χ1n) is 12.1. The van der Waals surface area contributed by atoms with Gasteiger partial charge in [-0.05, 0) is 99.1 Å². The minimum atomic E-state index is 0.433. The zero-order chi connectivity index (χ0) is 23.3. The lowest BCUT2D eigenvalue weighted by atomic mass is 9.81. The molecule has 0 bridgehead atoms. The molecule has 3 aromatic rings. The summed E-state index contributed by atoms with van der Waals surface area (Å²) in [7, 11) is 0. The summed E-state index contributed by atoms with van der Waals surface area (Å²) in [4.78, 5) is 2.76. The highest BCUT2D eigenvalue weighted by atomic mass is 35.5.